The van der Waals surface area contributed by atoms with E-state index < -0.39 is 6.10 Å². The first-order chi connectivity index (χ1) is 13.3. The van der Waals surface area contributed by atoms with Gasteiger partial charge in [-0.2, -0.15) is 0 Å². The lowest BCUT2D eigenvalue weighted by molar-refractivity contribution is -0.127. The maximum absolute atomic E-state index is 12.4. The van der Waals surface area contributed by atoms with Crippen molar-refractivity contribution >= 4 is 28.8 Å². The van der Waals surface area contributed by atoms with E-state index in [1.807, 2.05) is 31.4 Å². The van der Waals surface area contributed by atoms with Gasteiger partial charge in [0.25, 0.3) is 5.91 Å². The van der Waals surface area contributed by atoms with Crippen LogP contribution >= 0.6 is 22.9 Å². The van der Waals surface area contributed by atoms with Crippen molar-refractivity contribution in [3.63, 3.8) is 0 Å². The predicted molar refractivity (Wildman–Crippen MR) is 115 cm³/mol. The predicted octanol–water partition coefficient (Wildman–Crippen LogP) is 5.47. The molecule has 6 heteroatoms. The zero-order valence-corrected chi connectivity index (χ0v) is 17.9. The van der Waals surface area contributed by atoms with Crippen LogP contribution in [-0.4, -0.2) is 17.0 Å². The lowest BCUT2D eigenvalue weighted by Crippen LogP contribution is -2.36. The Morgan fingerprint density at radius 1 is 1.18 bits per heavy atom. The van der Waals surface area contributed by atoms with Crippen molar-refractivity contribution in [2.24, 2.45) is 0 Å². The van der Waals surface area contributed by atoms with E-state index in [-0.39, 0.29) is 5.91 Å². The molecule has 1 N–H and O–H groups in total. The Morgan fingerprint density at radius 2 is 1.82 bits per heavy atom. The van der Waals surface area contributed by atoms with Crippen molar-refractivity contribution in [2.75, 3.05) is 0 Å². The summed E-state index contributed by atoms with van der Waals surface area (Å²) in [5.74, 6) is 0.451. The van der Waals surface area contributed by atoms with Crippen LogP contribution in [0.15, 0.2) is 41.8 Å². The summed E-state index contributed by atoms with van der Waals surface area (Å²) in [5, 5.41) is 6.52. The third-order valence-corrected chi connectivity index (χ3v) is 5.92. The van der Waals surface area contributed by atoms with E-state index in [2.05, 4.69) is 41.5 Å². The molecule has 3 rings (SSSR count). The molecule has 28 heavy (non-hydrogen) atoms. The number of carbonyl (C=O) groups is 1. The summed E-state index contributed by atoms with van der Waals surface area (Å²) >= 11 is 7.75. The van der Waals surface area contributed by atoms with Crippen LogP contribution in [0.2, 0.25) is 5.02 Å². The summed E-state index contributed by atoms with van der Waals surface area (Å²) in [7, 11) is 0. The third-order valence-electron chi connectivity index (χ3n) is 4.39. The number of thiazole rings is 1. The Hall–Kier alpha value is -2.37. The fraction of sp³-hybridized carbons (Fsp3) is 0.273. The van der Waals surface area contributed by atoms with Crippen LogP contribution in [0.25, 0.3) is 10.6 Å². The van der Waals surface area contributed by atoms with Gasteiger partial charge in [-0.15, -0.1) is 11.3 Å². The van der Waals surface area contributed by atoms with E-state index in [0.29, 0.717) is 12.3 Å². The van der Waals surface area contributed by atoms with E-state index in [1.165, 1.54) is 5.56 Å². The highest BCUT2D eigenvalue weighted by Crippen LogP contribution is 2.27. The van der Waals surface area contributed by atoms with Gasteiger partial charge in [0.05, 0.1) is 12.2 Å². The topological polar surface area (TPSA) is 51.2 Å². The van der Waals surface area contributed by atoms with Crippen LogP contribution < -0.4 is 10.1 Å². The van der Waals surface area contributed by atoms with E-state index in [4.69, 9.17) is 16.3 Å². The van der Waals surface area contributed by atoms with Gasteiger partial charge >= 0.3 is 0 Å². The van der Waals surface area contributed by atoms with Gasteiger partial charge in [-0.1, -0.05) is 41.4 Å². The fourth-order valence-electron chi connectivity index (χ4n) is 2.77. The van der Waals surface area contributed by atoms with Crippen LogP contribution in [0.4, 0.5) is 0 Å². The van der Waals surface area contributed by atoms with Crippen molar-refractivity contribution in [1.82, 2.24) is 10.3 Å². The molecule has 0 radical (unpaired) electrons. The minimum absolute atomic E-state index is 0.185. The van der Waals surface area contributed by atoms with Crippen LogP contribution in [-0.2, 0) is 11.3 Å². The van der Waals surface area contributed by atoms with Gasteiger partial charge in [0.2, 0.25) is 0 Å². The highest BCUT2D eigenvalue weighted by atomic mass is 35.5. The number of hydrogen-bond donors (Lipinski definition) is 1. The zero-order valence-electron chi connectivity index (χ0n) is 16.4. The molecule has 0 aliphatic heterocycles. The molecule has 1 amide bonds. The van der Waals surface area contributed by atoms with Crippen LogP contribution in [0.5, 0.6) is 5.75 Å². The Bertz CT molecular complexity index is 959. The molecule has 0 bridgehead atoms. The first-order valence-electron chi connectivity index (χ1n) is 9.06. The normalized spacial score (nSPS) is 11.9. The van der Waals surface area contributed by atoms with Crippen LogP contribution in [0.1, 0.15) is 29.3 Å². The summed E-state index contributed by atoms with van der Waals surface area (Å²) < 4.78 is 5.78. The summed E-state index contributed by atoms with van der Waals surface area (Å²) in [6, 6.07) is 11.9. The molecule has 0 saturated carbocycles. The molecule has 0 aliphatic carbocycles. The molecular weight excluding hydrogens is 392 g/mol. The lowest BCUT2D eigenvalue weighted by Gasteiger charge is -2.16. The molecule has 1 aromatic heterocycles. The molecular formula is C22H23ClN2O2S. The van der Waals surface area contributed by atoms with Gasteiger partial charge in [-0.3, -0.25) is 4.79 Å². The quantitative estimate of drug-likeness (QED) is 0.581. The number of nitrogens with one attached hydrogen (secondary N) is 1. The van der Waals surface area contributed by atoms with Crippen molar-refractivity contribution in [3.8, 4) is 16.3 Å². The number of hydrogen-bond acceptors (Lipinski definition) is 4. The second-order valence-electron chi connectivity index (χ2n) is 6.86. The number of benzene rings is 2. The largest absolute Gasteiger partial charge is 0.481 e. The third kappa shape index (κ3) is 4.91. The van der Waals surface area contributed by atoms with Crippen molar-refractivity contribution in [1.29, 1.82) is 0 Å². The average molecular weight is 415 g/mol. The average Bonchev–Trinajstić information content (AvgIpc) is 3.13. The smallest absolute Gasteiger partial charge is 0.261 e. The highest BCUT2D eigenvalue weighted by Gasteiger charge is 2.16. The zero-order chi connectivity index (χ0) is 20.3. The number of aryl methyl sites for hydroxylation is 3. The van der Waals surface area contributed by atoms with Gasteiger partial charge in [-0.05, 0) is 51.0 Å². The van der Waals surface area contributed by atoms with Crippen LogP contribution in [0.3, 0.4) is 0 Å². The number of halogens is 1. The van der Waals surface area contributed by atoms with Gasteiger partial charge < -0.3 is 10.1 Å². The van der Waals surface area contributed by atoms with Gasteiger partial charge in [-0.25, -0.2) is 4.98 Å². The van der Waals surface area contributed by atoms with E-state index in [0.717, 1.165) is 32.4 Å². The fourth-order valence-corrected chi connectivity index (χ4v) is 3.71. The van der Waals surface area contributed by atoms with E-state index in [1.54, 1.807) is 18.3 Å². The second kappa shape index (κ2) is 8.76. The summed E-state index contributed by atoms with van der Waals surface area (Å²) in [6.07, 6.45) is -0.616. The number of carbonyl (C=O) groups excluding carboxylic acids is 1. The first-order valence-corrected chi connectivity index (χ1v) is 10.3. The molecule has 1 heterocycles. The molecule has 0 spiro atoms. The SMILES string of the molecule is Cc1ccc(-c2nc(CNC(=O)C(C)Oc3cc(C)c(Cl)c(C)c3)cs2)cc1. The summed E-state index contributed by atoms with van der Waals surface area (Å²) in [5.41, 5.74) is 4.98. The monoisotopic (exact) mass is 414 g/mol. The molecule has 1 unspecified atom stereocenters. The minimum atomic E-state index is -0.616. The van der Waals surface area contributed by atoms with Gasteiger partial charge in [0, 0.05) is 16.0 Å². The molecule has 1 atom stereocenters. The molecule has 2 aromatic carbocycles. The van der Waals surface area contributed by atoms with Crippen molar-refractivity contribution in [2.45, 2.75) is 40.3 Å². The maximum Gasteiger partial charge on any atom is 0.261 e. The van der Waals surface area contributed by atoms with Crippen molar-refractivity contribution in [3.05, 3.63) is 69.2 Å². The molecule has 4 nitrogen and oxygen atoms in total. The van der Waals surface area contributed by atoms with E-state index >= 15 is 0 Å². The number of amides is 1. The van der Waals surface area contributed by atoms with Gasteiger partial charge in [0.15, 0.2) is 6.10 Å². The molecule has 146 valence electrons. The number of nitrogens with zero attached hydrogens (tertiary/aromatic N) is 1. The highest BCUT2D eigenvalue weighted by molar-refractivity contribution is 7.13. The first kappa shape index (κ1) is 20.4. The second-order valence-corrected chi connectivity index (χ2v) is 8.10. The van der Waals surface area contributed by atoms with Gasteiger partial charge in [0.1, 0.15) is 10.8 Å². The van der Waals surface area contributed by atoms with Crippen LogP contribution in [0, 0.1) is 20.8 Å². The van der Waals surface area contributed by atoms with E-state index in [9.17, 15) is 4.79 Å². The number of ether oxygens (including phenoxy) is 1. The summed E-state index contributed by atoms with van der Waals surface area (Å²) in [6.45, 7) is 7.99. The number of aromatic nitrogens is 1. The summed E-state index contributed by atoms with van der Waals surface area (Å²) in [4.78, 5) is 17.0. The minimum Gasteiger partial charge on any atom is -0.481 e. The molecule has 0 fully saturated rings. The van der Waals surface area contributed by atoms with Crippen molar-refractivity contribution < 1.29 is 9.53 Å². The standard InChI is InChI=1S/C22H23ClN2O2S/c1-13-5-7-17(8-6-13)22-25-18(12-28-22)11-24-21(26)16(4)27-19-9-14(2)20(23)15(3)10-19/h5-10,12,16H,11H2,1-4H3,(H,24,26). The molecule has 0 aliphatic rings. The molecule has 3 aromatic rings. The Kier molecular flexibility index (Phi) is 6.37. The Labute approximate surface area is 174 Å². The maximum atomic E-state index is 12.4. The lowest BCUT2D eigenvalue weighted by atomic mass is 10.1. The number of rotatable bonds is 6. The Morgan fingerprint density at radius 3 is 2.46 bits per heavy atom. The Balaban J connectivity index is 1.57. The molecule has 0 saturated heterocycles.